The minimum atomic E-state index is -1.03. The van der Waals surface area contributed by atoms with Crippen molar-refractivity contribution in [3.63, 3.8) is 0 Å². The molecule has 3 unspecified atom stereocenters. The normalized spacial score (nSPS) is 19.6. The molecular weight excluding hydrogens is 388 g/mol. The number of benzene rings is 2. The molecule has 1 saturated heterocycles. The number of likely N-dealkylation sites (tertiary alicyclic amines) is 1. The second-order valence-electron chi connectivity index (χ2n) is 7.08. The lowest BCUT2D eigenvalue weighted by molar-refractivity contribution is -0.149. The Kier molecular flexibility index (Phi) is 6.93. The SMILES string of the molecule is O=C(NCC(=O)N1C(C(=O)O)CCC1c1ccccc1)C(S)Cc1ccccc1. The first-order valence-corrected chi connectivity index (χ1v) is 10.1. The molecule has 2 amide bonds. The zero-order chi connectivity index (χ0) is 20.8. The van der Waals surface area contributed by atoms with Gasteiger partial charge >= 0.3 is 5.97 Å². The summed E-state index contributed by atoms with van der Waals surface area (Å²) in [4.78, 5) is 38.3. The van der Waals surface area contributed by atoms with Gasteiger partial charge in [0.05, 0.1) is 17.8 Å². The highest BCUT2D eigenvalue weighted by Crippen LogP contribution is 2.36. The lowest BCUT2D eigenvalue weighted by atomic mass is 10.0. The van der Waals surface area contributed by atoms with Gasteiger partial charge in [0.2, 0.25) is 11.8 Å². The summed E-state index contributed by atoms with van der Waals surface area (Å²) >= 11 is 4.34. The van der Waals surface area contributed by atoms with Crippen molar-refractivity contribution < 1.29 is 19.5 Å². The number of nitrogens with zero attached hydrogens (tertiary/aromatic N) is 1. The smallest absolute Gasteiger partial charge is 0.326 e. The van der Waals surface area contributed by atoms with Crippen LogP contribution in [0.1, 0.15) is 30.0 Å². The van der Waals surface area contributed by atoms with Crippen molar-refractivity contribution in [1.82, 2.24) is 10.2 Å². The summed E-state index contributed by atoms with van der Waals surface area (Å²) in [5, 5.41) is 11.6. The molecule has 1 heterocycles. The molecular formula is C22H24N2O4S. The zero-order valence-corrected chi connectivity index (χ0v) is 16.8. The third-order valence-electron chi connectivity index (χ3n) is 5.13. The van der Waals surface area contributed by atoms with Crippen molar-refractivity contribution in [3.8, 4) is 0 Å². The molecule has 2 aromatic rings. The molecule has 0 aromatic heterocycles. The first kappa shape index (κ1) is 20.9. The van der Waals surface area contributed by atoms with E-state index in [9.17, 15) is 19.5 Å². The number of carbonyl (C=O) groups is 3. The van der Waals surface area contributed by atoms with Crippen LogP contribution in [0.25, 0.3) is 0 Å². The summed E-state index contributed by atoms with van der Waals surface area (Å²) in [5.41, 5.74) is 1.87. The average Bonchev–Trinajstić information content (AvgIpc) is 3.18. The minimum absolute atomic E-state index is 0.252. The van der Waals surface area contributed by atoms with Crippen LogP contribution in [0, 0.1) is 0 Å². The maximum Gasteiger partial charge on any atom is 0.326 e. The molecule has 3 atom stereocenters. The average molecular weight is 413 g/mol. The molecule has 29 heavy (non-hydrogen) atoms. The van der Waals surface area contributed by atoms with Crippen molar-refractivity contribution in [3.05, 3.63) is 71.8 Å². The first-order valence-electron chi connectivity index (χ1n) is 9.56. The number of thiol groups is 1. The molecule has 2 N–H and O–H groups in total. The van der Waals surface area contributed by atoms with Gasteiger partial charge in [-0.2, -0.15) is 12.6 Å². The molecule has 152 valence electrons. The molecule has 1 fully saturated rings. The molecule has 2 aromatic carbocycles. The lowest BCUT2D eigenvalue weighted by Crippen LogP contribution is -2.47. The summed E-state index contributed by atoms with van der Waals surface area (Å²) in [6.45, 7) is -0.252. The van der Waals surface area contributed by atoms with E-state index in [4.69, 9.17) is 0 Å². The molecule has 0 saturated carbocycles. The van der Waals surface area contributed by atoms with Gasteiger partial charge in [-0.05, 0) is 30.4 Å². The third-order valence-corrected chi connectivity index (χ3v) is 5.55. The Balaban J connectivity index is 1.63. The quantitative estimate of drug-likeness (QED) is 0.610. The number of rotatable bonds is 7. The third kappa shape index (κ3) is 5.17. The molecule has 0 spiro atoms. The van der Waals surface area contributed by atoms with E-state index < -0.39 is 23.2 Å². The van der Waals surface area contributed by atoms with Crippen LogP contribution in [0.5, 0.6) is 0 Å². The Morgan fingerprint density at radius 2 is 1.66 bits per heavy atom. The van der Waals surface area contributed by atoms with Gasteiger partial charge in [0.1, 0.15) is 6.04 Å². The number of aliphatic carboxylic acids is 1. The molecule has 1 aliphatic rings. The van der Waals surface area contributed by atoms with E-state index in [2.05, 4.69) is 17.9 Å². The number of nitrogens with one attached hydrogen (secondary N) is 1. The van der Waals surface area contributed by atoms with Crippen LogP contribution in [-0.2, 0) is 20.8 Å². The van der Waals surface area contributed by atoms with Crippen LogP contribution < -0.4 is 5.32 Å². The highest BCUT2D eigenvalue weighted by Gasteiger charge is 2.41. The maximum atomic E-state index is 12.9. The molecule has 0 bridgehead atoms. The van der Waals surface area contributed by atoms with Gasteiger partial charge in [-0.15, -0.1) is 0 Å². The molecule has 0 aliphatic carbocycles. The van der Waals surface area contributed by atoms with Gasteiger partial charge in [-0.1, -0.05) is 60.7 Å². The molecule has 7 heteroatoms. The van der Waals surface area contributed by atoms with Crippen LogP contribution in [0.15, 0.2) is 60.7 Å². The van der Waals surface area contributed by atoms with E-state index >= 15 is 0 Å². The van der Waals surface area contributed by atoms with E-state index in [1.807, 2.05) is 60.7 Å². The van der Waals surface area contributed by atoms with E-state index in [1.54, 1.807) is 0 Å². The van der Waals surface area contributed by atoms with Crippen molar-refractivity contribution in [2.45, 2.75) is 36.6 Å². The number of carbonyl (C=O) groups excluding carboxylic acids is 2. The summed E-state index contributed by atoms with van der Waals surface area (Å²) in [5.74, 6) is -1.79. The second-order valence-corrected chi connectivity index (χ2v) is 7.71. The van der Waals surface area contributed by atoms with Crippen molar-refractivity contribution in [1.29, 1.82) is 0 Å². The van der Waals surface area contributed by atoms with E-state index in [0.717, 1.165) is 11.1 Å². The van der Waals surface area contributed by atoms with Crippen LogP contribution in [0.3, 0.4) is 0 Å². The summed E-state index contributed by atoms with van der Waals surface area (Å²) < 4.78 is 0. The minimum Gasteiger partial charge on any atom is -0.480 e. The van der Waals surface area contributed by atoms with Crippen LogP contribution in [0.2, 0.25) is 0 Å². The molecule has 1 aliphatic heterocycles. The Bertz CT molecular complexity index is 860. The predicted molar refractivity (Wildman–Crippen MR) is 113 cm³/mol. The number of hydrogen-bond acceptors (Lipinski definition) is 4. The Morgan fingerprint density at radius 3 is 2.28 bits per heavy atom. The fraction of sp³-hybridized carbons (Fsp3) is 0.318. The summed E-state index contributed by atoms with van der Waals surface area (Å²) in [6, 6.07) is 17.7. The standard InChI is InChI=1S/C22H24N2O4S/c25-20(14-23-21(26)19(29)13-15-7-3-1-4-8-15)24-17(11-12-18(24)22(27)28)16-9-5-2-6-10-16/h1-10,17-19,29H,11-14H2,(H,23,26)(H,27,28). The van der Waals surface area contributed by atoms with Crippen LogP contribution >= 0.6 is 12.6 Å². The zero-order valence-electron chi connectivity index (χ0n) is 15.9. The highest BCUT2D eigenvalue weighted by molar-refractivity contribution is 7.81. The van der Waals surface area contributed by atoms with Gasteiger partial charge in [0.15, 0.2) is 0 Å². The predicted octanol–water partition coefficient (Wildman–Crippen LogP) is 2.46. The maximum absolute atomic E-state index is 12.9. The first-order chi connectivity index (χ1) is 14.0. The van der Waals surface area contributed by atoms with Gasteiger partial charge in [0.25, 0.3) is 0 Å². The lowest BCUT2D eigenvalue weighted by Gasteiger charge is -2.29. The van der Waals surface area contributed by atoms with Crippen molar-refractivity contribution >= 4 is 30.4 Å². The fourth-order valence-corrected chi connectivity index (χ4v) is 4.01. The number of carboxylic acid groups (broad SMARTS) is 1. The molecule has 0 radical (unpaired) electrons. The number of carboxylic acids is 1. The van der Waals surface area contributed by atoms with E-state index in [0.29, 0.717) is 19.3 Å². The number of hydrogen-bond donors (Lipinski definition) is 3. The van der Waals surface area contributed by atoms with Crippen LogP contribution in [-0.4, -0.2) is 45.6 Å². The van der Waals surface area contributed by atoms with Gasteiger partial charge < -0.3 is 15.3 Å². The van der Waals surface area contributed by atoms with Gasteiger partial charge in [-0.3, -0.25) is 9.59 Å². The summed E-state index contributed by atoms with van der Waals surface area (Å²) in [7, 11) is 0. The molecule has 3 rings (SSSR count). The van der Waals surface area contributed by atoms with Gasteiger partial charge in [0, 0.05) is 0 Å². The van der Waals surface area contributed by atoms with Gasteiger partial charge in [-0.25, -0.2) is 4.79 Å². The second kappa shape index (κ2) is 9.60. The number of amides is 2. The topological polar surface area (TPSA) is 86.7 Å². The Labute approximate surface area is 175 Å². The van der Waals surface area contributed by atoms with E-state index in [1.165, 1.54) is 4.90 Å². The highest BCUT2D eigenvalue weighted by atomic mass is 32.1. The summed E-state index contributed by atoms with van der Waals surface area (Å²) in [6.07, 6.45) is 1.40. The van der Waals surface area contributed by atoms with Crippen LogP contribution in [0.4, 0.5) is 0 Å². The van der Waals surface area contributed by atoms with E-state index in [-0.39, 0.29) is 18.5 Å². The fourth-order valence-electron chi connectivity index (χ4n) is 3.71. The largest absolute Gasteiger partial charge is 0.480 e. The molecule has 6 nitrogen and oxygen atoms in total. The van der Waals surface area contributed by atoms with Crippen molar-refractivity contribution in [2.75, 3.05) is 6.54 Å². The monoisotopic (exact) mass is 412 g/mol. The van der Waals surface area contributed by atoms with Crippen molar-refractivity contribution in [2.24, 2.45) is 0 Å². The Hall–Kier alpha value is -2.80. The Morgan fingerprint density at radius 1 is 1.03 bits per heavy atom.